The van der Waals surface area contributed by atoms with Gasteiger partial charge < -0.3 is 5.32 Å². The molecule has 3 rings (SSSR count). The van der Waals surface area contributed by atoms with E-state index in [2.05, 4.69) is 20.1 Å². The summed E-state index contributed by atoms with van der Waals surface area (Å²) in [5.74, 6) is -0.427. The standard InChI is InChI=1S/C18H23F3N4O2/c1-13-14(17(26)22-7-10-27-18(19,20)21)5-6-16-15(13)11-25(23-16)12-24-8-3-2-4-9-24/h5-6,11H,2-4,7-10,12H2,1H3,(H,22,26). The lowest BCUT2D eigenvalue weighted by molar-refractivity contribution is -0.323. The molecule has 1 N–H and O–H groups in total. The number of alkyl halides is 3. The topological polar surface area (TPSA) is 59.4 Å². The highest BCUT2D eigenvalue weighted by atomic mass is 19.4. The highest BCUT2D eigenvalue weighted by molar-refractivity contribution is 6.00. The first kappa shape index (κ1) is 19.6. The molecule has 1 aliphatic heterocycles. The second-order valence-corrected chi connectivity index (χ2v) is 6.71. The molecule has 27 heavy (non-hydrogen) atoms. The Morgan fingerprint density at radius 3 is 2.70 bits per heavy atom. The summed E-state index contributed by atoms with van der Waals surface area (Å²) in [4.78, 5) is 14.6. The summed E-state index contributed by atoms with van der Waals surface area (Å²) in [5, 5.41) is 7.89. The third-order valence-corrected chi connectivity index (χ3v) is 4.70. The van der Waals surface area contributed by atoms with Crippen LogP contribution in [-0.4, -0.2) is 53.2 Å². The van der Waals surface area contributed by atoms with Gasteiger partial charge in [-0.25, -0.2) is 0 Å². The molecular weight excluding hydrogens is 361 g/mol. The summed E-state index contributed by atoms with van der Waals surface area (Å²) >= 11 is 0. The Hall–Kier alpha value is -2.13. The van der Waals surface area contributed by atoms with Crippen LogP contribution < -0.4 is 5.32 Å². The van der Waals surface area contributed by atoms with E-state index in [9.17, 15) is 18.0 Å². The average molecular weight is 384 g/mol. The van der Waals surface area contributed by atoms with Crippen LogP contribution in [0.4, 0.5) is 13.2 Å². The van der Waals surface area contributed by atoms with Gasteiger partial charge in [0.15, 0.2) is 0 Å². The zero-order chi connectivity index (χ0) is 19.4. The quantitative estimate of drug-likeness (QED) is 0.778. The molecule has 6 nitrogen and oxygen atoms in total. The lowest BCUT2D eigenvalue weighted by Crippen LogP contribution is -2.31. The number of carbonyl (C=O) groups excluding carboxylic acids is 1. The van der Waals surface area contributed by atoms with Gasteiger partial charge in [-0.2, -0.15) is 5.10 Å². The molecule has 1 aromatic heterocycles. The number of nitrogens with zero attached hydrogens (tertiary/aromatic N) is 3. The number of hydrogen-bond donors (Lipinski definition) is 1. The Balaban J connectivity index is 1.66. The molecular formula is C18H23F3N4O2. The third kappa shape index (κ3) is 5.20. The van der Waals surface area contributed by atoms with Gasteiger partial charge in [0.25, 0.3) is 5.91 Å². The maximum Gasteiger partial charge on any atom is 0.522 e. The van der Waals surface area contributed by atoms with Crippen molar-refractivity contribution in [2.24, 2.45) is 0 Å². The monoisotopic (exact) mass is 384 g/mol. The van der Waals surface area contributed by atoms with Crippen LogP contribution in [0.15, 0.2) is 18.3 Å². The predicted molar refractivity (Wildman–Crippen MR) is 94.2 cm³/mol. The highest BCUT2D eigenvalue weighted by Crippen LogP contribution is 2.22. The second kappa shape index (κ2) is 8.26. The molecule has 0 saturated carbocycles. The number of rotatable bonds is 6. The van der Waals surface area contributed by atoms with Crippen LogP contribution in [0.2, 0.25) is 0 Å². The van der Waals surface area contributed by atoms with Gasteiger partial charge >= 0.3 is 6.36 Å². The Kier molecular flexibility index (Phi) is 6.01. The van der Waals surface area contributed by atoms with Crippen molar-refractivity contribution in [1.29, 1.82) is 0 Å². The van der Waals surface area contributed by atoms with E-state index in [0.29, 0.717) is 12.2 Å². The molecule has 2 aromatic rings. The number of likely N-dealkylation sites (tertiary alicyclic amines) is 1. The molecule has 1 aliphatic rings. The van der Waals surface area contributed by atoms with Crippen molar-refractivity contribution in [3.8, 4) is 0 Å². The molecule has 0 atom stereocenters. The van der Waals surface area contributed by atoms with Crippen LogP contribution in [0.5, 0.6) is 0 Å². The van der Waals surface area contributed by atoms with Crippen LogP contribution >= 0.6 is 0 Å². The SMILES string of the molecule is Cc1c(C(=O)NCCOC(F)(F)F)ccc2nn(CN3CCCCC3)cc12. The van der Waals surface area contributed by atoms with E-state index in [1.165, 1.54) is 19.3 Å². The number of amides is 1. The molecule has 1 fully saturated rings. The first-order chi connectivity index (χ1) is 12.8. The van der Waals surface area contributed by atoms with Crippen LogP contribution in [0.25, 0.3) is 10.9 Å². The van der Waals surface area contributed by atoms with Crippen molar-refractivity contribution in [1.82, 2.24) is 20.0 Å². The number of aromatic nitrogens is 2. The smallest absolute Gasteiger partial charge is 0.350 e. The van der Waals surface area contributed by atoms with Crippen molar-refractivity contribution in [3.63, 3.8) is 0 Å². The van der Waals surface area contributed by atoms with E-state index < -0.39 is 18.9 Å². The number of aryl methyl sites for hydroxylation is 1. The van der Waals surface area contributed by atoms with Crippen molar-refractivity contribution >= 4 is 16.8 Å². The van der Waals surface area contributed by atoms with Gasteiger partial charge in [-0.1, -0.05) is 6.42 Å². The van der Waals surface area contributed by atoms with Gasteiger partial charge in [0.2, 0.25) is 0 Å². The molecule has 0 spiro atoms. The van der Waals surface area contributed by atoms with Gasteiger partial charge in [0.05, 0.1) is 18.8 Å². The number of benzene rings is 1. The molecule has 0 bridgehead atoms. The Morgan fingerprint density at radius 1 is 1.26 bits per heavy atom. The number of piperidine rings is 1. The largest absolute Gasteiger partial charge is 0.522 e. The molecule has 1 amide bonds. The fraction of sp³-hybridized carbons (Fsp3) is 0.556. The summed E-state index contributed by atoms with van der Waals surface area (Å²) in [6, 6.07) is 3.41. The van der Waals surface area contributed by atoms with E-state index in [-0.39, 0.29) is 6.54 Å². The fourth-order valence-corrected chi connectivity index (χ4v) is 3.33. The maximum absolute atomic E-state index is 12.3. The summed E-state index contributed by atoms with van der Waals surface area (Å²) < 4.78 is 41.4. The maximum atomic E-state index is 12.3. The number of carbonyl (C=O) groups is 1. The first-order valence-corrected chi connectivity index (χ1v) is 9.01. The van der Waals surface area contributed by atoms with E-state index in [0.717, 1.165) is 29.6 Å². The Labute approximate surface area is 155 Å². The number of hydrogen-bond acceptors (Lipinski definition) is 4. The minimum Gasteiger partial charge on any atom is -0.350 e. The first-order valence-electron chi connectivity index (χ1n) is 9.01. The number of ether oxygens (including phenoxy) is 1. The average Bonchev–Trinajstić information content (AvgIpc) is 3.02. The number of nitrogens with one attached hydrogen (secondary N) is 1. The third-order valence-electron chi connectivity index (χ3n) is 4.70. The van der Waals surface area contributed by atoms with Crippen LogP contribution in [0.3, 0.4) is 0 Å². The minimum atomic E-state index is -4.69. The van der Waals surface area contributed by atoms with Crippen molar-refractivity contribution in [2.75, 3.05) is 26.2 Å². The molecule has 1 aromatic carbocycles. The second-order valence-electron chi connectivity index (χ2n) is 6.71. The summed E-state index contributed by atoms with van der Waals surface area (Å²) in [6.45, 7) is 3.81. The Morgan fingerprint density at radius 2 is 2.00 bits per heavy atom. The number of fused-ring (bicyclic) bond motifs is 1. The van der Waals surface area contributed by atoms with Gasteiger partial charge in [-0.05, 0) is 50.6 Å². The van der Waals surface area contributed by atoms with Gasteiger partial charge in [-0.15, -0.1) is 13.2 Å². The zero-order valence-electron chi connectivity index (χ0n) is 15.2. The van der Waals surface area contributed by atoms with E-state index in [1.807, 2.05) is 17.8 Å². The highest BCUT2D eigenvalue weighted by Gasteiger charge is 2.28. The lowest BCUT2D eigenvalue weighted by Gasteiger charge is -2.25. The lowest BCUT2D eigenvalue weighted by atomic mass is 10.0. The summed E-state index contributed by atoms with van der Waals surface area (Å²) in [7, 11) is 0. The van der Waals surface area contributed by atoms with E-state index in [4.69, 9.17) is 0 Å². The van der Waals surface area contributed by atoms with Gasteiger partial charge in [0.1, 0.15) is 0 Å². The van der Waals surface area contributed by atoms with Crippen molar-refractivity contribution in [3.05, 3.63) is 29.5 Å². The minimum absolute atomic E-state index is 0.218. The van der Waals surface area contributed by atoms with Crippen LogP contribution in [0.1, 0.15) is 35.2 Å². The van der Waals surface area contributed by atoms with Gasteiger partial charge in [0, 0.05) is 23.7 Å². The normalized spacial score (nSPS) is 16.0. The van der Waals surface area contributed by atoms with Gasteiger partial charge in [-0.3, -0.25) is 19.1 Å². The molecule has 2 heterocycles. The zero-order valence-corrected chi connectivity index (χ0v) is 15.2. The van der Waals surface area contributed by atoms with E-state index in [1.54, 1.807) is 12.1 Å². The molecule has 1 saturated heterocycles. The summed E-state index contributed by atoms with van der Waals surface area (Å²) in [5.41, 5.74) is 1.97. The Bertz CT molecular complexity index is 798. The molecule has 0 radical (unpaired) electrons. The van der Waals surface area contributed by atoms with Crippen molar-refractivity contribution in [2.45, 2.75) is 39.2 Å². The summed E-state index contributed by atoms with van der Waals surface area (Å²) in [6.07, 6.45) is 0.888. The van der Waals surface area contributed by atoms with Crippen LogP contribution in [-0.2, 0) is 11.4 Å². The fourth-order valence-electron chi connectivity index (χ4n) is 3.33. The van der Waals surface area contributed by atoms with Crippen LogP contribution in [0, 0.1) is 6.92 Å². The molecule has 0 unspecified atom stereocenters. The molecule has 0 aliphatic carbocycles. The van der Waals surface area contributed by atoms with E-state index >= 15 is 0 Å². The number of halogens is 3. The molecule has 148 valence electrons. The van der Waals surface area contributed by atoms with Crippen molar-refractivity contribution < 1.29 is 22.7 Å². The predicted octanol–water partition coefficient (Wildman–Crippen LogP) is 3.05. The molecule has 9 heteroatoms.